The number of hydrogen-bond acceptors (Lipinski definition) is 6. The van der Waals surface area contributed by atoms with Gasteiger partial charge in [-0.25, -0.2) is 4.79 Å². The fourth-order valence-electron chi connectivity index (χ4n) is 1.61. The maximum absolute atomic E-state index is 10.9. The summed E-state index contributed by atoms with van der Waals surface area (Å²) in [4.78, 5) is 10.9. The highest BCUT2D eigenvalue weighted by Crippen LogP contribution is 2.24. The van der Waals surface area contributed by atoms with Gasteiger partial charge in [-0.1, -0.05) is 0 Å². The number of rotatable bonds is 4. The van der Waals surface area contributed by atoms with Crippen molar-refractivity contribution in [2.45, 2.75) is 37.6 Å². The van der Waals surface area contributed by atoms with Crippen molar-refractivity contribution in [3.63, 3.8) is 0 Å². The number of methoxy groups -OCH3 is 1. The number of aliphatic hydroxyl groups excluding tert-OH is 2. The minimum atomic E-state index is -1.36. The third-order valence-corrected chi connectivity index (χ3v) is 2.38. The maximum Gasteiger partial charge on any atom is 0.335 e. The molecule has 0 aromatic carbocycles. The van der Waals surface area contributed by atoms with Gasteiger partial charge in [0.1, 0.15) is 18.3 Å². The minimum absolute atomic E-state index is 0.208. The van der Waals surface area contributed by atoms with Crippen LogP contribution in [-0.2, 0) is 19.0 Å². The molecule has 0 saturated carbocycles. The van der Waals surface area contributed by atoms with Crippen LogP contribution in [0.15, 0.2) is 0 Å². The van der Waals surface area contributed by atoms with E-state index in [1.54, 1.807) is 6.92 Å². The Morgan fingerprint density at radius 3 is 2.44 bits per heavy atom. The second-order valence-electron chi connectivity index (χ2n) is 3.40. The number of aliphatic carboxylic acids is 1. The number of ether oxygens (including phenoxy) is 3. The summed E-state index contributed by atoms with van der Waals surface area (Å²) in [6.45, 7) is 1.86. The second kappa shape index (κ2) is 5.55. The lowest BCUT2D eigenvalue weighted by atomic mass is 9.98. The van der Waals surface area contributed by atoms with Crippen LogP contribution in [0.5, 0.6) is 0 Å². The van der Waals surface area contributed by atoms with Crippen LogP contribution in [0.1, 0.15) is 6.92 Å². The molecule has 3 N–H and O–H groups in total. The first-order valence-corrected chi connectivity index (χ1v) is 4.91. The lowest BCUT2D eigenvalue weighted by molar-refractivity contribution is -0.293. The Balaban J connectivity index is 2.83. The molecule has 1 fully saturated rings. The predicted octanol–water partition coefficient (Wildman–Crippen LogP) is -1.43. The van der Waals surface area contributed by atoms with E-state index >= 15 is 0 Å². The van der Waals surface area contributed by atoms with E-state index in [0.717, 1.165) is 0 Å². The fourth-order valence-corrected chi connectivity index (χ4v) is 1.61. The molecule has 0 aliphatic carbocycles. The van der Waals surface area contributed by atoms with Gasteiger partial charge < -0.3 is 29.5 Å². The number of carboxylic acids is 1. The molecule has 7 nitrogen and oxygen atoms in total. The molecule has 1 aliphatic rings. The molecule has 1 heterocycles. The quantitative estimate of drug-likeness (QED) is 0.549. The highest BCUT2D eigenvalue weighted by atomic mass is 16.7. The Labute approximate surface area is 92.5 Å². The van der Waals surface area contributed by atoms with Gasteiger partial charge in [-0.3, -0.25) is 0 Å². The van der Waals surface area contributed by atoms with Crippen molar-refractivity contribution in [2.75, 3.05) is 13.7 Å². The third-order valence-electron chi connectivity index (χ3n) is 2.38. The monoisotopic (exact) mass is 236 g/mol. The number of aliphatic hydroxyl groups is 2. The van der Waals surface area contributed by atoms with Gasteiger partial charge in [0.2, 0.25) is 0 Å². The summed E-state index contributed by atoms with van der Waals surface area (Å²) < 4.78 is 14.8. The Kier molecular flexibility index (Phi) is 4.63. The molecule has 0 spiro atoms. The molecule has 0 radical (unpaired) electrons. The van der Waals surface area contributed by atoms with Crippen LogP contribution in [0.4, 0.5) is 0 Å². The zero-order valence-electron chi connectivity index (χ0n) is 9.07. The lowest BCUT2D eigenvalue weighted by Gasteiger charge is -2.39. The van der Waals surface area contributed by atoms with Crippen molar-refractivity contribution in [1.82, 2.24) is 0 Å². The first-order valence-electron chi connectivity index (χ1n) is 4.91. The van der Waals surface area contributed by atoms with Gasteiger partial charge in [0.15, 0.2) is 12.4 Å². The van der Waals surface area contributed by atoms with Gasteiger partial charge in [0.05, 0.1) is 0 Å². The average molecular weight is 236 g/mol. The highest BCUT2D eigenvalue weighted by molar-refractivity contribution is 5.73. The molecule has 0 amide bonds. The maximum atomic E-state index is 10.9. The summed E-state index contributed by atoms with van der Waals surface area (Å²) in [5, 5.41) is 28.2. The molecule has 5 atom stereocenters. The third kappa shape index (κ3) is 2.50. The molecule has 0 aromatic rings. The Bertz CT molecular complexity index is 244. The van der Waals surface area contributed by atoms with Crippen molar-refractivity contribution in [3.05, 3.63) is 0 Å². The normalized spacial score (nSPS) is 39.6. The van der Waals surface area contributed by atoms with E-state index < -0.39 is 36.7 Å². The van der Waals surface area contributed by atoms with E-state index in [2.05, 4.69) is 0 Å². The predicted molar refractivity (Wildman–Crippen MR) is 50.7 cm³/mol. The first kappa shape index (κ1) is 13.3. The fraction of sp³-hybridized carbons (Fsp3) is 0.889. The van der Waals surface area contributed by atoms with Crippen LogP contribution in [0.2, 0.25) is 0 Å². The van der Waals surface area contributed by atoms with Gasteiger partial charge in [-0.2, -0.15) is 0 Å². The SMILES string of the molecule is CCO[C@H]1[C@H](O)[C@@H](O)C(OC)O[C@@H]1C(=O)O. The van der Waals surface area contributed by atoms with E-state index in [1.165, 1.54) is 7.11 Å². The van der Waals surface area contributed by atoms with Crippen molar-refractivity contribution >= 4 is 5.97 Å². The largest absolute Gasteiger partial charge is 0.479 e. The minimum Gasteiger partial charge on any atom is -0.479 e. The summed E-state index contributed by atoms with van der Waals surface area (Å²) in [7, 11) is 1.25. The summed E-state index contributed by atoms with van der Waals surface area (Å²) >= 11 is 0. The molecule has 94 valence electrons. The van der Waals surface area contributed by atoms with E-state index in [-0.39, 0.29) is 6.61 Å². The Morgan fingerprint density at radius 2 is 2.00 bits per heavy atom. The van der Waals surface area contributed by atoms with Crippen LogP contribution < -0.4 is 0 Å². The van der Waals surface area contributed by atoms with Gasteiger partial charge in [0, 0.05) is 13.7 Å². The summed E-state index contributed by atoms with van der Waals surface area (Å²) in [6, 6.07) is 0. The molecule has 0 bridgehead atoms. The van der Waals surface area contributed by atoms with Crippen LogP contribution in [0.3, 0.4) is 0 Å². The van der Waals surface area contributed by atoms with Crippen molar-refractivity contribution in [1.29, 1.82) is 0 Å². The molecule has 16 heavy (non-hydrogen) atoms. The van der Waals surface area contributed by atoms with Crippen LogP contribution >= 0.6 is 0 Å². The van der Waals surface area contributed by atoms with Crippen LogP contribution in [0.25, 0.3) is 0 Å². The Hall–Kier alpha value is -0.730. The van der Waals surface area contributed by atoms with Gasteiger partial charge >= 0.3 is 5.97 Å². The zero-order chi connectivity index (χ0) is 12.3. The standard InChI is InChI=1S/C9H16O7/c1-3-15-6-4(10)5(11)9(14-2)16-7(6)8(12)13/h4-7,9-11H,3H2,1-2H3,(H,12,13)/t4-,5-,6+,7+,9?/m1/s1. The van der Waals surface area contributed by atoms with Crippen molar-refractivity contribution in [3.8, 4) is 0 Å². The van der Waals surface area contributed by atoms with Crippen LogP contribution in [-0.4, -0.2) is 65.7 Å². The van der Waals surface area contributed by atoms with Crippen molar-refractivity contribution in [2.24, 2.45) is 0 Å². The van der Waals surface area contributed by atoms with E-state index in [4.69, 9.17) is 19.3 Å². The van der Waals surface area contributed by atoms with E-state index in [9.17, 15) is 15.0 Å². The topological polar surface area (TPSA) is 105 Å². The number of carboxylic acid groups (broad SMARTS) is 1. The van der Waals surface area contributed by atoms with E-state index in [0.29, 0.717) is 0 Å². The Morgan fingerprint density at radius 1 is 1.38 bits per heavy atom. The first-order chi connectivity index (χ1) is 7.52. The second-order valence-corrected chi connectivity index (χ2v) is 3.40. The van der Waals surface area contributed by atoms with Crippen LogP contribution in [0, 0.1) is 0 Å². The zero-order valence-corrected chi connectivity index (χ0v) is 9.07. The summed E-state index contributed by atoms with van der Waals surface area (Å²) in [5.41, 5.74) is 0. The lowest BCUT2D eigenvalue weighted by Crippen LogP contribution is -2.61. The summed E-state index contributed by atoms with van der Waals surface area (Å²) in [5.74, 6) is -1.27. The number of hydrogen-bond donors (Lipinski definition) is 3. The molecular weight excluding hydrogens is 220 g/mol. The van der Waals surface area contributed by atoms with Crippen molar-refractivity contribution < 1.29 is 34.3 Å². The summed E-state index contributed by atoms with van der Waals surface area (Å²) in [6.07, 6.45) is -6.34. The molecular formula is C9H16O7. The average Bonchev–Trinajstić information content (AvgIpc) is 2.25. The van der Waals surface area contributed by atoms with Gasteiger partial charge in [-0.05, 0) is 6.92 Å². The highest BCUT2D eigenvalue weighted by Gasteiger charge is 2.48. The molecule has 1 saturated heterocycles. The van der Waals surface area contributed by atoms with E-state index in [1.807, 2.05) is 0 Å². The molecule has 1 aliphatic heterocycles. The molecule has 1 unspecified atom stereocenters. The van der Waals surface area contributed by atoms with Gasteiger partial charge in [-0.15, -0.1) is 0 Å². The molecule has 1 rings (SSSR count). The molecule has 7 heteroatoms. The smallest absolute Gasteiger partial charge is 0.335 e. The van der Waals surface area contributed by atoms with Gasteiger partial charge in [0.25, 0.3) is 0 Å². The number of carbonyl (C=O) groups is 1. The molecule has 0 aromatic heterocycles.